The van der Waals surface area contributed by atoms with E-state index in [1.54, 1.807) is 30.3 Å². The number of benzene rings is 3. The van der Waals surface area contributed by atoms with Crippen molar-refractivity contribution >= 4 is 30.5 Å². The Bertz CT molecular complexity index is 1080. The Balaban J connectivity index is 1.92. The van der Waals surface area contributed by atoms with Crippen LogP contribution in [0, 0.1) is 11.3 Å². The molecule has 0 saturated heterocycles. The fourth-order valence-corrected chi connectivity index (χ4v) is 8.60. The smallest absolute Gasteiger partial charge is 0.262 e. The summed E-state index contributed by atoms with van der Waals surface area (Å²) in [4.78, 5) is 25.0. The molecule has 0 aliphatic rings. The number of nitrogens with one attached hydrogen (secondary N) is 1. The molecular formula is C27H28N2O3Si. The van der Waals surface area contributed by atoms with E-state index in [2.05, 4.69) is 32.2 Å². The highest BCUT2D eigenvalue weighted by Crippen LogP contribution is 2.37. The zero-order valence-corrected chi connectivity index (χ0v) is 20.1. The fraction of sp³-hybridized carbons (Fsp3) is 0.222. The van der Waals surface area contributed by atoms with Crippen molar-refractivity contribution < 1.29 is 14.0 Å². The number of rotatable bonds is 7. The van der Waals surface area contributed by atoms with Gasteiger partial charge in [0.05, 0.1) is 12.5 Å². The standard InChI is InChI=1S/C27H28N2O3Si/c1-27(2,3)33(23-15-9-5-10-16-23,24-17-11-6-12-18-24)32-22(20-28)19-25(30)29-26(31)21-13-7-4-8-14-21/h4-18,22H,19H2,1-3H3,(H,29,30,31)/t22-/m1/s1. The lowest BCUT2D eigenvalue weighted by atomic mass is 10.2. The molecule has 0 aliphatic heterocycles. The monoisotopic (exact) mass is 456 g/mol. The summed E-state index contributed by atoms with van der Waals surface area (Å²) in [7, 11) is -2.99. The van der Waals surface area contributed by atoms with E-state index in [-0.39, 0.29) is 11.5 Å². The lowest BCUT2D eigenvalue weighted by molar-refractivity contribution is -0.121. The van der Waals surface area contributed by atoms with Crippen molar-refractivity contribution in [1.29, 1.82) is 5.26 Å². The van der Waals surface area contributed by atoms with Crippen LogP contribution in [0.2, 0.25) is 5.04 Å². The average molecular weight is 457 g/mol. The Morgan fingerprint density at radius 1 is 0.879 bits per heavy atom. The van der Waals surface area contributed by atoms with Gasteiger partial charge in [0, 0.05) is 5.56 Å². The normalized spacial score (nSPS) is 12.4. The molecule has 0 bridgehead atoms. The Morgan fingerprint density at radius 2 is 1.33 bits per heavy atom. The predicted molar refractivity (Wildman–Crippen MR) is 132 cm³/mol. The molecule has 1 atom stereocenters. The predicted octanol–water partition coefficient (Wildman–Crippen LogP) is 3.80. The van der Waals surface area contributed by atoms with Gasteiger partial charge >= 0.3 is 0 Å². The molecule has 3 rings (SSSR count). The fourth-order valence-electron chi connectivity index (χ4n) is 4.03. The first kappa shape index (κ1) is 24.1. The molecule has 6 heteroatoms. The Labute approximate surface area is 196 Å². The van der Waals surface area contributed by atoms with E-state index in [1.807, 2.05) is 60.7 Å². The molecule has 0 spiro atoms. The SMILES string of the molecule is CC(C)(C)[Si](O[C@@H](C#N)CC(=O)NC(=O)c1ccccc1)(c1ccccc1)c1ccccc1. The summed E-state index contributed by atoms with van der Waals surface area (Å²) in [5, 5.41) is 14.0. The van der Waals surface area contributed by atoms with Gasteiger partial charge in [-0.3, -0.25) is 14.9 Å². The van der Waals surface area contributed by atoms with Crippen molar-refractivity contribution in [1.82, 2.24) is 5.32 Å². The molecule has 0 aromatic heterocycles. The van der Waals surface area contributed by atoms with E-state index in [0.29, 0.717) is 5.56 Å². The third kappa shape index (κ3) is 5.45. The van der Waals surface area contributed by atoms with Crippen LogP contribution in [0.5, 0.6) is 0 Å². The number of carbonyl (C=O) groups is 2. The van der Waals surface area contributed by atoms with Crippen LogP contribution in [-0.4, -0.2) is 26.2 Å². The van der Waals surface area contributed by atoms with Crippen molar-refractivity contribution in [3.8, 4) is 6.07 Å². The van der Waals surface area contributed by atoms with Crippen molar-refractivity contribution in [2.45, 2.75) is 38.3 Å². The second-order valence-electron chi connectivity index (χ2n) is 8.85. The van der Waals surface area contributed by atoms with Crippen LogP contribution in [0.1, 0.15) is 37.6 Å². The van der Waals surface area contributed by atoms with E-state index in [9.17, 15) is 14.9 Å². The van der Waals surface area contributed by atoms with Gasteiger partial charge in [-0.05, 0) is 27.5 Å². The largest absolute Gasteiger partial charge is 0.391 e. The number of nitriles is 1. The highest BCUT2D eigenvalue weighted by molar-refractivity contribution is 6.99. The molecule has 0 unspecified atom stereocenters. The maximum Gasteiger partial charge on any atom is 0.262 e. The van der Waals surface area contributed by atoms with Gasteiger partial charge < -0.3 is 4.43 Å². The van der Waals surface area contributed by atoms with Crippen LogP contribution >= 0.6 is 0 Å². The molecule has 0 aliphatic carbocycles. The summed E-state index contributed by atoms with van der Waals surface area (Å²) >= 11 is 0. The van der Waals surface area contributed by atoms with E-state index in [4.69, 9.17) is 4.43 Å². The van der Waals surface area contributed by atoms with Crippen LogP contribution in [0.4, 0.5) is 0 Å². The Kier molecular flexibility index (Phi) is 7.59. The van der Waals surface area contributed by atoms with E-state index < -0.39 is 26.2 Å². The molecule has 5 nitrogen and oxygen atoms in total. The van der Waals surface area contributed by atoms with Crippen molar-refractivity contribution in [3.05, 3.63) is 96.6 Å². The van der Waals surface area contributed by atoms with Crippen LogP contribution in [0.3, 0.4) is 0 Å². The third-order valence-electron chi connectivity index (χ3n) is 5.54. The van der Waals surface area contributed by atoms with Gasteiger partial charge in [0.25, 0.3) is 14.2 Å². The number of nitrogens with zero attached hydrogens (tertiary/aromatic N) is 1. The molecule has 33 heavy (non-hydrogen) atoms. The zero-order chi connectivity index (χ0) is 23.9. The minimum atomic E-state index is -2.99. The lowest BCUT2D eigenvalue weighted by Crippen LogP contribution is -2.67. The van der Waals surface area contributed by atoms with Gasteiger partial charge in [-0.1, -0.05) is 99.6 Å². The van der Waals surface area contributed by atoms with Gasteiger partial charge in [-0.2, -0.15) is 5.26 Å². The van der Waals surface area contributed by atoms with Crippen LogP contribution in [0.25, 0.3) is 0 Å². The highest BCUT2D eigenvalue weighted by Gasteiger charge is 2.51. The van der Waals surface area contributed by atoms with Crippen LogP contribution < -0.4 is 15.7 Å². The van der Waals surface area contributed by atoms with Gasteiger partial charge in [0.15, 0.2) is 0 Å². The first-order valence-corrected chi connectivity index (χ1v) is 12.8. The number of amides is 2. The molecule has 3 aromatic rings. The molecule has 0 fully saturated rings. The Hall–Kier alpha value is -3.53. The summed E-state index contributed by atoms with van der Waals surface area (Å²) in [5.74, 6) is -1.05. The Morgan fingerprint density at radius 3 is 1.76 bits per heavy atom. The van der Waals surface area contributed by atoms with Gasteiger partial charge in [0.1, 0.15) is 6.10 Å². The number of imide groups is 1. The zero-order valence-electron chi connectivity index (χ0n) is 19.1. The summed E-state index contributed by atoms with van der Waals surface area (Å²) < 4.78 is 6.69. The summed E-state index contributed by atoms with van der Waals surface area (Å²) in [6, 6.07) is 30.5. The first-order chi connectivity index (χ1) is 15.8. The molecule has 2 amide bonds. The van der Waals surface area contributed by atoms with Gasteiger partial charge in [-0.15, -0.1) is 0 Å². The van der Waals surface area contributed by atoms with Crippen LogP contribution in [-0.2, 0) is 9.22 Å². The first-order valence-electron chi connectivity index (χ1n) is 10.9. The van der Waals surface area contributed by atoms with Gasteiger partial charge in [0.2, 0.25) is 5.91 Å². The molecule has 168 valence electrons. The van der Waals surface area contributed by atoms with Gasteiger partial charge in [-0.25, -0.2) is 0 Å². The summed E-state index contributed by atoms with van der Waals surface area (Å²) in [6.07, 6.45) is -1.25. The summed E-state index contributed by atoms with van der Waals surface area (Å²) in [5.41, 5.74) is 0.382. The maximum absolute atomic E-state index is 12.7. The number of hydrogen-bond acceptors (Lipinski definition) is 4. The highest BCUT2D eigenvalue weighted by atomic mass is 28.4. The lowest BCUT2D eigenvalue weighted by Gasteiger charge is -2.44. The molecule has 0 heterocycles. The average Bonchev–Trinajstić information content (AvgIpc) is 2.82. The molecular weight excluding hydrogens is 428 g/mol. The molecule has 3 aromatic carbocycles. The second kappa shape index (κ2) is 10.4. The topological polar surface area (TPSA) is 79.2 Å². The molecule has 1 N–H and O–H groups in total. The van der Waals surface area contributed by atoms with Crippen molar-refractivity contribution in [2.24, 2.45) is 0 Å². The minimum absolute atomic E-state index is 0.237. The van der Waals surface area contributed by atoms with E-state index in [1.165, 1.54) is 0 Å². The van der Waals surface area contributed by atoms with Crippen molar-refractivity contribution in [2.75, 3.05) is 0 Å². The van der Waals surface area contributed by atoms with E-state index in [0.717, 1.165) is 10.4 Å². The van der Waals surface area contributed by atoms with Crippen molar-refractivity contribution in [3.63, 3.8) is 0 Å². The second-order valence-corrected chi connectivity index (χ2v) is 13.1. The maximum atomic E-state index is 12.7. The van der Waals surface area contributed by atoms with Crippen LogP contribution in [0.15, 0.2) is 91.0 Å². The van der Waals surface area contributed by atoms with E-state index >= 15 is 0 Å². The number of carbonyl (C=O) groups excluding carboxylic acids is 2. The molecule has 0 saturated carbocycles. The quantitative estimate of drug-likeness (QED) is 0.549. The number of hydrogen-bond donors (Lipinski definition) is 1. The summed E-state index contributed by atoms with van der Waals surface area (Å²) in [6.45, 7) is 6.31. The third-order valence-corrected chi connectivity index (χ3v) is 10.6. The molecule has 0 radical (unpaired) electrons. The minimum Gasteiger partial charge on any atom is -0.391 e.